The molecule has 4 fully saturated rings. The van der Waals surface area contributed by atoms with Crippen LogP contribution in [0.1, 0.15) is 72.1 Å². The number of nitrogens with zero attached hydrogens (tertiary/aromatic N) is 1. The Bertz CT molecular complexity index is 826. The number of hydrogen-bond donors (Lipinski definition) is 1. The summed E-state index contributed by atoms with van der Waals surface area (Å²) < 4.78 is 43.0. The van der Waals surface area contributed by atoms with Gasteiger partial charge < -0.3 is 10.1 Å². The van der Waals surface area contributed by atoms with E-state index in [4.69, 9.17) is 4.74 Å². The lowest BCUT2D eigenvalue weighted by molar-refractivity contribution is -0.135. The van der Waals surface area contributed by atoms with Crippen LogP contribution in [-0.2, 0) is 9.53 Å². The van der Waals surface area contributed by atoms with Crippen molar-refractivity contribution in [3.8, 4) is 0 Å². The van der Waals surface area contributed by atoms with Crippen molar-refractivity contribution in [2.24, 2.45) is 57.8 Å². The van der Waals surface area contributed by atoms with Crippen LogP contribution in [0.25, 0.3) is 0 Å². The van der Waals surface area contributed by atoms with Crippen LogP contribution in [0.15, 0.2) is 17.0 Å². The minimum absolute atomic E-state index is 0.00687. The fraction of sp³-hybridized carbons (Fsp3) is 0.857. The smallest absolute Gasteiger partial charge is 0.407 e. The molecule has 0 radical (unpaired) electrons. The summed E-state index contributed by atoms with van der Waals surface area (Å²) in [4.78, 5) is 16.9. The third-order valence-corrected chi connectivity index (χ3v) is 10.1. The maximum atomic E-state index is 13.5. The Kier molecular flexibility index (Phi) is 7.92. The van der Waals surface area contributed by atoms with Gasteiger partial charge in [-0.1, -0.05) is 27.2 Å². The molecule has 0 bridgehead atoms. The summed E-state index contributed by atoms with van der Waals surface area (Å²) >= 11 is 0. The Morgan fingerprint density at radius 3 is 2.54 bits per heavy atom. The fourth-order valence-electron chi connectivity index (χ4n) is 8.88. The molecular formula is C28H43F3N2O2. The normalized spacial score (nSPS) is 41.7. The minimum atomic E-state index is -4.37. The number of hydrogen-bond acceptors (Lipinski definition) is 4. The Morgan fingerprint density at radius 2 is 1.83 bits per heavy atom. The molecule has 4 rings (SSSR count). The maximum absolute atomic E-state index is 13.5. The molecule has 198 valence electrons. The van der Waals surface area contributed by atoms with Gasteiger partial charge in [0.2, 0.25) is 0 Å². The summed E-state index contributed by atoms with van der Waals surface area (Å²) in [6, 6.07) is 0. The zero-order valence-corrected chi connectivity index (χ0v) is 21.7. The van der Waals surface area contributed by atoms with Crippen LogP contribution in [0.4, 0.5) is 13.2 Å². The van der Waals surface area contributed by atoms with E-state index in [1.165, 1.54) is 44.7 Å². The van der Waals surface area contributed by atoms with Gasteiger partial charge in [0.15, 0.2) is 11.5 Å². The first kappa shape index (κ1) is 26.5. The predicted octanol–water partition coefficient (Wildman–Crippen LogP) is 6.42. The van der Waals surface area contributed by atoms with Crippen LogP contribution in [-0.4, -0.2) is 38.4 Å². The first-order valence-electron chi connectivity index (χ1n) is 13.6. The summed E-state index contributed by atoms with van der Waals surface area (Å²) in [7, 11) is 1.63. The van der Waals surface area contributed by atoms with Crippen molar-refractivity contribution in [2.45, 2.75) is 78.3 Å². The van der Waals surface area contributed by atoms with Crippen molar-refractivity contribution in [3.63, 3.8) is 0 Å². The third kappa shape index (κ3) is 5.58. The Hall–Kier alpha value is -1.53. The lowest BCUT2D eigenvalue weighted by Gasteiger charge is -2.56. The summed E-state index contributed by atoms with van der Waals surface area (Å²) in [5.74, 6) is 5.28. The van der Waals surface area contributed by atoms with E-state index < -0.39 is 12.7 Å². The second-order valence-corrected chi connectivity index (χ2v) is 12.3. The Balaban J connectivity index is 1.41. The topological polar surface area (TPSA) is 50.7 Å². The number of halogens is 3. The molecule has 0 aliphatic heterocycles. The summed E-state index contributed by atoms with van der Waals surface area (Å²) in [6.45, 7) is 5.57. The summed E-state index contributed by atoms with van der Waals surface area (Å²) in [5.41, 5.74) is -0.00687. The van der Waals surface area contributed by atoms with E-state index in [9.17, 15) is 18.0 Å². The van der Waals surface area contributed by atoms with E-state index in [1.807, 2.05) is 0 Å². The van der Waals surface area contributed by atoms with E-state index in [1.54, 1.807) is 7.05 Å². The van der Waals surface area contributed by atoms with Gasteiger partial charge in [-0.15, -0.1) is 0 Å². The second-order valence-electron chi connectivity index (χ2n) is 12.3. The average molecular weight is 497 g/mol. The van der Waals surface area contributed by atoms with Crippen molar-refractivity contribution >= 4 is 12.0 Å². The number of alkyl halides is 3. The van der Waals surface area contributed by atoms with E-state index in [-0.39, 0.29) is 29.5 Å². The lowest BCUT2D eigenvalue weighted by Crippen LogP contribution is -2.49. The molecule has 0 heterocycles. The Labute approximate surface area is 208 Å². The van der Waals surface area contributed by atoms with Gasteiger partial charge in [-0.25, -0.2) is 0 Å². The predicted molar refractivity (Wildman–Crippen MR) is 132 cm³/mol. The number of ether oxygens (including phenoxy) is 1. The van der Waals surface area contributed by atoms with Crippen molar-refractivity contribution in [1.29, 1.82) is 0 Å². The molecule has 4 aliphatic carbocycles. The van der Waals surface area contributed by atoms with Crippen molar-refractivity contribution < 1.29 is 22.7 Å². The molecule has 9 unspecified atom stereocenters. The lowest BCUT2D eigenvalue weighted by atomic mass is 9.49. The number of carbonyl (C=O) groups is 1. The number of rotatable bonds is 7. The maximum Gasteiger partial charge on any atom is 0.407 e. The van der Waals surface area contributed by atoms with Crippen LogP contribution in [0, 0.1) is 52.8 Å². The number of Topliss-reactive ketones (excluding diaryl/α,β-unsaturated/α-hetero) is 1. The number of fused-ring (bicyclic) bond motifs is 5. The van der Waals surface area contributed by atoms with Crippen LogP contribution in [0.5, 0.6) is 0 Å². The highest BCUT2D eigenvalue weighted by atomic mass is 19.4. The molecule has 7 heteroatoms. The first-order valence-corrected chi connectivity index (χ1v) is 13.6. The van der Waals surface area contributed by atoms with Crippen LogP contribution in [0.2, 0.25) is 0 Å². The highest BCUT2D eigenvalue weighted by molar-refractivity contribution is 5.85. The molecule has 1 N–H and O–H groups in total. The van der Waals surface area contributed by atoms with Gasteiger partial charge in [0.05, 0.1) is 6.21 Å². The number of ketones is 1. The number of carbonyl (C=O) groups excluding carboxylic acids is 1. The molecule has 4 aliphatic rings. The summed E-state index contributed by atoms with van der Waals surface area (Å²) in [6.07, 6.45) is 8.39. The molecule has 4 nitrogen and oxygen atoms in total. The van der Waals surface area contributed by atoms with Crippen LogP contribution >= 0.6 is 0 Å². The van der Waals surface area contributed by atoms with E-state index in [0.717, 1.165) is 48.6 Å². The highest BCUT2D eigenvalue weighted by Crippen LogP contribution is 2.65. The fourth-order valence-corrected chi connectivity index (χ4v) is 8.88. The quantitative estimate of drug-likeness (QED) is 0.327. The van der Waals surface area contributed by atoms with E-state index in [0.29, 0.717) is 11.8 Å². The largest absolute Gasteiger partial charge is 0.483 e. The van der Waals surface area contributed by atoms with Gasteiger partial charge >= 0.3 is 6.18 Å². The standard InChI is InChI=1S/C28H43F3N2O2/c1-17-5-7-21-19(11-17)6-8-23-22(21)9-10-27(3)24(23)12-18(2)26(27)25(34)15-35-20(13-32-4)14-33-16-28(29,30)31/h13-14,17-19,21-24,26,32H,5-12,15-16H2,1-4H3/b20-13+,33-14-. The molecule has 0 spiro atoms. The van der Waals surface area contributed by atoms with Gasteiger partial charge in [-0.2, -0.15) is 13.2 Å². The van der Waals surface area contributed by atoms with Gasteiger partial charge in [0.1, 0.15) is 13.2 Å². The van der Waals surface area contributed by atoms with E-state index >= 15 is 0 Å². The molecule has 4 saturated carbocycles. The van der Waals surface area contributed by atoms with Crippen molar-refractivity contribution in [1.82, 2.24) is 5.32 Å². The van der Waals surface area contributed by atoms with Crippen molar-refractivity contribution in [3.05, 3.63) is 12.0 Å². The van der Waals surface area contributed by atoms with Gasteiger partial charge in [-0.3, -0.25) is 9.79 Å². The Morgan fingerprint density at radius 1 is 1.09 bits per heavy atom. The molecular weight excluding hydrogens is 453 g/mol. The first-order chi connectivity index (χ1) is 16.5. The zero-order chi connectivity index (χ0) is 25.4. The number of aliphatic imine (C=N–C) groups is 1. The molecule has 0 aromatic rings. The molecule has 0 amide bonds. The molecule has 0 saturated heterocycles. The summed E-state index contributed by atoms with van der Waals surface area (Å²) in [5, 5.41) is 2.76. The van der Waals surface area contributed by atoms with Gasteiger partial charge in [0, 0.05) is 19.2 Å². The monoisotopic (exact) mass is 496 g/mol. The van der Waals surface area contributed by atoms with E-state index in [2.05, 4.69) is 31.1 Å². The number of nitrogens with one attached hydrogen (secondary N) is 1. The van der Waals surface area contributed by atoms with Crippen LogP contribution in [0.3, 0.4) is 0 Å². The highest BCUT2D eigenvalue weighted by Gasteiger charge is 2.60. The molecule has 0 aromatic heterocycles. The molecule has 0 aromatic carbocycles. The number of allylic oxidation sites excluding steroid dienone is 1. The molecule has 9 atom stereocenters. The average Bonchev–Trinajstić information content (AvgIpc) is 3.06. The second kappa shape index (κ2) is 10.5. The SMILES string of the molecule is CN/C=C(\C=N/CC(F)(F)F)OCC(=O)C1C(C)CC2C3CCC4CC(C)CCC4C3CCC21C. The molecule has 35 heavy (non-hydrogen) atoms. The third-order valence-electron chi connectivity index (χ3n) is 10.1. The van der Waals surface area contributed by atoms with Crippen LogP contribution < -0.4 is 5.32 Å². The van der Waals surface area contributed by atoms with Gasteiger partial charge in [0.25, 0.3) is 0 Å². The minimum Gasteiger partial charge on any atom is -0.483 e. The zero-order valence-electron chi connectivity index (χ0n) is 21.7. The van der Waals surface area contributed by atoms with Crippen molar-refractivity contribution in [2.75, 3.05) is 20.2 Å². The van der Waals surface area contributed by atoms with Gasteiger partial charge in [-0.05, 0) is 91.8 Å².